The van der Waals surface area contributed by atoms with Gasteiger partial charge < -0.3 is 9.84 Å². The van der Waals surface area contributed by atoms with Gasteiger partial charge in [0.25, 0.3) is 5.91 Å². The lowest BCUT2D eigenvalue weighted by atomic mass is 10.2. The summed E-state index contributed by atoms with van der Waals surface area (Å²) in [7, 11) is 0. The molecule has 1 aromatic carbocycles. The number of hydrogen-bond acceptors (Lipinski definition) is 5. The number of aromatic hydroxyl groups is 1. The van der Waals surface area contributed by atoms with E-state index in [0.29, 0.717) is 32.4 Å². The molecule has 0 spiro atoms. The van der Waals surface area contributed by atoms with Gasteiger partial charge in [0.05, 0.1) is 17.3 Å². The minimum Gasteiger partial charge on any atom is -0.503 e. The van der Waals surface area contributed by atoms with E-state index in [0.717, 1.165) is 0 Å². The van der Waals surface area contributed by atoms with Crippen molar-refractivity contribution in [3.63, 3.8) is 0 Å². The van der Waals surface area contributed by atoms with Gasteiger partial charge in [-0.25, -0.2) is 5.43 Å². The normalized spacial score (nSPS) is 10.7. The van der Waals surface area contributed by atoms with E-state index in [2.05, 4.69) is 47.4 Å². The van der Waals surface area contributed by atoms with Crippen molar-refractivity contribution in [1.29, 1.82) is 0 Å². The van der Waals surface area contributed by atoms with Crippen LogP contribution in [0.4, 0.5) is 0 Å². The SMILES string of the molecule is CCOc1cc(/C=N\NC(=O)c2ccncc2)c(Br)c(Br)c1O. The van der Waals surface area contributed by atoms with Crippen molar-refractivity contribution in [2.24, 2.45) is 5.10 Å². The number of benzene rings is 1. The molecule has 0 saturated carbocycles. The van der Waals surface area contributed by atoms with Crippen LogP contribution in [-0.2, 0) is 0 Å². The molecule has 2 N–H and O–H groups in total. The Labute approximate surface area is 149 Å². The highest BCUT2D eigenvalue weighted by Crippen LogP contribution is 2.41. The number of phenolic OH excluding ortho intramolecular Hbond substituents is 1. The van der Waals surface area contributed by atoms with Crippen LogP contribution in [0, 0.1) is 0 Å². The van der Waals surface area contributed by atoms with Crippen molar-refractivity contribution in [2.75, 3.05) is 6.61 Å². The van der Waals surface area contributed by atoms with E-state index in [4.69, 9.17) is 4.74 Å². The first kappa shape index (κ1) is 17.4. The molecule has 2 rings (SSSR count). The molecule has 0 bridgehead atoms. The fraction of sp³-hybridized carbons (Fsp3) is 0.133. The Balaban J connectivity index is 2.18. The van der Waals surface area contributed by atoms with Crippen LogP contribution in [0.1, 0.15) is 22.8 Å². The van der Waals surface area contributed by atoms with Gasteiger partial charge in [-0.1, -0.05) is 0 Å². The van der Waals surface area contributed by atoms with Crippen molar-refractivity contribution in [1.82, 2.24) is 10.4 Å². The molecule has 2 aromatic rings. The van der Waals surface area contributed by atoms with Crippen molar-refractivity contribution < 1.29 is 14.6 Å². The molecule has 0 aliphatic carbocycles. The van der Waals surface area contributed by atoms with Gasteiger partial charge in [0, 0.05) is 28.0 Å². The average molecular weight is 443 g/mol. The highest BCUT2D eigenvalue weighted by Gasteiger charge is 2.14. The molecule has 1 amide bonds. The number of halogens is 2. The number of phenols is 1. The first-order valence-electron chi connectivity index (χ1n) is 6.61. The molecular weight excluding hydrogens is 430 g/mol. The molecule has 0 saturated heterocycles. The lowest BCUT2D eigenvalue weighted by Gasteiger charge is -2.10. The van der Waals surface area contributed by atoms with Gasteiger partial charge in [0.1, 0.15) is 0 Å². The smallest absolute Gasteiger partial charge is 0.271 e. The summed E-state index contributed by atoms with van der Waals surface area (Å²) in [6.07, 6.45) is 4.51. The van der Waals surface area contributed by atoms with Crippen molar-refractivity contribution in [3.8, 4) is 11.5 Å². The largest absolute Gasteiger partial charge is 0.503 e. The monoisotopic (exact) mass is 441 g/mol. The van der Waals surface area contributed by atoms with Gasteiger partial charge in [-0.15, -0.1) is 0 Å². The van der Waals surface area contributed by atoms with Crippen molar-refractivity contribution >= 4 is 44.0 Å². The number of nitrogens with one attached hydrogen (secondary N) is 1. The zero-order valence-electron chi connectivity index (χ0n) is 12.1. The summed E-state index contributed by atoms with van der Waals surface area (Å²) in [5.74, 6) is -0.0242. The molecule has 120 valence electrons. The van der Waals surface area contributed by atoms with Crippen LogP contribution in [0.5, 0.6) is 11.5 Å². The van der Waals surface area contributed by atoms with Crippen LogP contribution in [-0.4, -0.2) is 28.8 Å². The first-order valence-corrected chi connectivity index (χ1v) is 8.20. The molecule has 6 nitrogen and oxygen atoms in total. The average Bonchev–Trinajstić information content (AvgIpc) is 2.57. The van der Waals surface area contributed by atoms with Crippen LogP contribution in [0.25, 0.3) is 0 Å². The predicted molar refractivity (Wildman–Crippen MR) is 94.0 cm³/mol. The third kappa shape index (κ3) is 4.29. The van der Waals surface area contributed by atoms with Gasteiger partial charge in [0.15, 0.2) is 11.5 Å². The topological polar surface area (TPSA) is 83.8 Å². The molecule has 0 radical (unpaired) electrons. The van der Waals surface area contributed by atoms with E-state index < -0.39 is 0 Å². The Kier molecular flexibility index (Phi) is 6.12. The lowest BCUT2D eigenvalue weighted by Crippen LogP contribution is -2.17. The second kappa shape index (κ2) is 8.07. The van der Waals surface area contributed by atoms with Crippen LogP contribution in [0.15, 0.2) is 44.6 Å². The number of aromatic nitrogens is 1. The first-order chi connectivity index (χ1) is 11.0. The summed E-state index contributed by atoms with van der Waals surface area (Å²) in [6, 6.07) is 4.80. The zero-order chi connectivity index (χ0) is 16.8. The summed E-state index contributed by atoms with van der Waals surface area (Å²) in [5.41, 5.74) is 3.51. The summed E-state index contributed by atoms with van der Waals surface area (Å²) >= 11 is 6.63. The van der Waals surface area contributed by atoms with Crippen LogP contribution >= 0.6 is 31.9 Å². The van der Waals surface area contributed by atoms with Crippen LogP contribution < -0.4 is 10.2 Å². The Morgan fingerprint density at radius 2 is 2.09 bits per heavy atom. The Hall–Kier alpha value is -1.93. The van der Waals surface area contributed by atoms with E-state index in [1.165, 1.54) is 18.6 Å². The van der Waals surface area contributed by atoms with Gasteiger partial charge in [-0.2, -0.15) is 5.10 Å². The lowest BCUT2D eigenvalue weighted by molar-refractivity contribution is 0.0955. The predicted octanol–water partition coefficient (Wildman–Crippen LogP) is 3.47. The van der Waals surface area contributed by atoms with Crippen LogP contribution in [0.2, 0.25) is 0 Å². The quantitative estimate of drug-likeness (QED) is 0.548. The molecule has 1 heterocycles. The molecule has 0 aliphatic heterocycles. The number of hydrogen-bond donors (Lipinski definition) is 2. The minimum atomic E-state index is -0.345. The highest BCUT2D eigenvalue weighted by atomic mass is 79.9. The Morgan fingerprint density at radius 1 is 1.39 bits per heavy atom. The van der Waals surface area contributed by atoms with E-state index in [1.807, 2.05) is 6.92 Å². The summed E-state index contributed by atoms with van der Waals surface area (Å²) in [4.78, 5) is 15.7. The maximum absolute atomic E-state index is 11.9. The van der Waals surface area contributed by atoms with Crippen molar-refractivity contribution in [3.05, 3.63) is 50.7 Å². The van der Waals surface area contributed by atoms with Gasteiger partial charge >= 0.3 is 0 Å². The Bertz CT molecular complexity index is 736. The maximum atomic E-state index is 11.9. The fourth-order valence-electron chi connectivity index (χ4n) is 1.70. The minimum absolute atomic E-state index is 0.00306. The number of hydrazone groups is 1. The van der Waals surface area contributed by atoms with Crippen molar-refractivity contribution in [2.45, 2.75) is 6.92 Å². The highest BCUT2D eigenvalue weighted by molar-refractivity contribution is 9.13. The molecule has 1 aromatic heterocycles. The number of amides is 1. The van der Waals surface area contributed by atoms with E-state index in [-0.39, 0.29) is 11.7 Å². The summed E-state index contributed by atoms with van der Waals surface area (Å²) in [5, 5.41) is 13.9. The van der Waals surface area contributed by atoms with Gasteiger partial charge in [-0.05, 0) is 57.0 Å². The summed E-state index contributed by atoms with van der Waals surface area (Å²) in [6.45, 7) is 2.23. The standard InChI is InChI=1S/C15H13Br2N3O3/c1-2-23-11-7-10(12(16)13(17)14(11)21)8-19-20-15(22)9-3-5-18-6-4-9/h3-8,21H,2H2,1H3,(H,20,22)/b19-8-. The van der Waals surface area contributed by atoms with E-state index in [9.17, 15) is 9.90 Å². The second-order valence-electron chi connectivity index (χ2n) is 4.31. The number of nitrogens with zero attached hydrogens (tertiary/aromatic N) is 2. The number of carbonyl (C=O) groups excluding carboxylic acids is 1. The third-order valence-corrected chi connectivity index (χ3v) is 4.94. The fourth-order valence-corrected chi connectivity index (χ4v) is 2.53. The number of carbonyl (C=O) groups is 1. The molecule has 0 aliphatic rings. The second-order valence-corrected chi connectivity index (χ2v) is 5.89. The number of pyridine rings is 1. The maximum Gasteiger partial charge on any atom is 0.271 e. The Morgan fingerprint density at radius 3 is 2.74 bits per heavy atom. The van der Waals surface area contributed by atoms with Gasteiger partial charge in [-0.3, -0.25) is 9.78 Å². The molecule has 0 atom stereocenters. The number of rotatable bonds is 5. The molecule has 0 fully saturated rings. The van der Waals surface area contributed by atoms with Gasteiger partial charge in [0.2, 0.25) is 0 Å². The molecule has 8 heteroatoms. The molecule has 23 heavy (non-hydrogen) atoms. The number of ether oxygens (including phenoxy) is 1. The molecular formula is C15H13Br2N3O3. The van der Waals surface area contributed by atoms with Crippen LogP contribution in [0.3, 0.4) is 0 Å². The zero-order valence-corrected chi connectivity index (χ0v) is 15.3. The summed E-state index contributed by atoms with van der Waals surface area (Å²) < 4.78 is 6.40. The third-order valence-electron chi connectivity index (χ3n) is 2.79. The van der Waals surface area contributed by atoms with E-state index >= 15 is 0 Å². The molecule has 0 unspecified atom stereocenters. The van der Waals surface area contributed by atoms with E-state index in [1.54, 1.807) is 18.2 Å².